The highest BCUT2D eigenvalue weighted by atomic mass is 16.5. The summed E-state index contributed by atoms with van der Waals surface area (Å²) in [7, 11) is 0. The fourth-order valence-corrected chi connectivity index (χ4v) is 1.50. The van der Waals surface area contributed by atoms with Crippen molar-refractivity contribution < 1.29 is 9.47 Å². The molecule has 0 aromatic carbocycles. The SMILES string of the molecule is C1CNCCCOC1.C1CNCCOC1. The lowest BCUT2D eigenvalue weighted by atomic mass is 10.4. The molecule has 2 aliphatic heterocycles. The molecule has 0 atom stereocenters. The van der Waals surface area contributed by atoms with Crippen LogP contribution in [0.2, 0.25) is 0 Å². The third-order valence-electron chi connectivity index (χ3n) is 2.35. The minimum atomic E-state index is 0.889. The summed E-state index contributed by atoms with van der Waals surface area (Å²) in [6.07, 6.45) is 3.50. The number of ether oxygens (including phenoxy) is 2. The van der Waals surface area contributed by atoms with Gasteiger partial charge in [0.1, 0.15) is 0 Å². The average molecular weight is 216 g/mol. The van der Waals surface area contributed by atoms with E-state index >= 15 is 0 Å². The molecule has 2 N–H and O–H groups in total. The second-order valence-corrected chi connectivity index (χ2v) is 3.79. The molecule has 2 fully saturated rings. The van der Waals surface area contributed by atoms with Crippen LogP contribution in [0.4, 0.5) is 0 Å². The van der Waals surface area contributed by atoms with E-state index in [9.17, 15) is 0 Å². The quantitative estimate of drug-likeness (QED) is 0.614. The molecule has 0 unspecified atom stereocenters. The lowest BCUT2D eigenvalue weighted by molar-refractivity contribution is 0.120. The van der Waals surface area contributed by atoms with Gasteiger partial charge in [-0.2, -0.15) is 0 Å². The van der Waals surface area contributed by atoms with Gasteiger partial charge < -0.3 is 20.1 Å². The summed E-state index contributed by atoms with van der Waals surface area (Å²) in [5, 5.41) is 6.53. The lowest BCUT2D eigenvalue weighted by Gasteiger charge is -2.09. The maximum atomic E-state index is 5.23. The molecule has 0 bridgehead atoms. The predicted molar refractivity (Wildman–Crippen MR) is 61.2 cm³/mol. The van der Waals surface area contributed by atoms with Gasteiger partial charge in [0.05, 0.1) is 6.61 Å². The Labute approximate surface area is 92.7 Å². The standard InChI is InChI=1S/C6H13NO.C5H11NO/c1-3-7-4-2-6-8-5-1;1-2-6-3-5-7-4-1/h7H,1-6H2;6H,1-5H2. The summed E-state index contributed by atoms with van der Waals surface area (Å²) < 4.78 is 10.4. The molecule has 0 saturated carbocycles. The molecule has 0 radical (unpaired) electrons. The molecule has 0 amide bonds. The molecule has 4 nitrogen and oxygen atoms in total. The zero-order valence-electron chi connectivity index (χ0n) is 9.59. The molecule has 2 rings (SSSR count). The van der Waals surface area contributed by atoms with E-state index in [0.29, 0.717) is 0 Å². The van der Waals surface area contributed by atoms with Gasteiger partial charge in [0.2, 0.25) is 0 Å². The number of rotatable bonds is 0. The Morgan fingerprint density at radius 2 is 1.00 bits per heavy atom. The van der Waals surface area contributed by atoms with Crippen LogP contribution in [0.25, 0.3) is 0 Å². The van der Waals surface area contributed by atoms with Crippen LogP contribution in [0.5, 0.6) is 0 Å². The Hall–Kier alpha value is -0.160. The molecule has 4 heteroatoms. The van der Waals surface area contributed by atoms with Crippen molar-refractivity contribution in [3.63, 3.8) is 0 Å². The van der Waals surface area contributed by atoms with Gasteiger partial charge in [-0.3, -0.25) is 0 Å². The zero-order valence-corrected chi connectivity index (χ0v) is 9.59. The monoisotopic (exact) mass is 216 g/mol. The largest absolute Gasteiger partial charge is 0.381 e. The highest BCUT2D eigenvalue weighted by Gasteiger charge is 1.94. The van der Waals surface area contributed by atoms with E-state index in [0.717, 1.165) is 52.6 Å². The topological polar surface area (TPSA) is 42.5 Å². The van der Waals surface area contributed by atoms with Crippen molar-refractivity contribution in [2.45, 2.75) is 19.3 Å². The van der Waals surface area contributed by atoms with Crippen molar-refractivity contribution in [2.24, 2.45) is 0 Å². The maximum absolute atomic E-state index is 5.23. The lowest BCUT2D eigenvalue weighted by Crippen LogP contribution is -2.22. The molecule has 2 heterocycles. The van der Waals surface area contributed by atoms with Crippen LogP contribution in [-0.4, -0.2) is 52.6 Å². The van der Waals surface area contributed by atoms with Gasteiger partial charge in [0, 0.05) is 26.4 Å². The second kappa shape index (κ2) is 10.4. The Balaban J connectivity index is 0.000000151. The third-order valence-corrected chi connectivity index (χ3v) is 2.35. The molecule has 0 aromatic rings. The molecular weight excluding hydrogens is 192 g/mol. The summed E-state index contributed by atoms with van der Waals surface area (Å²) in [5.74, 6) is 0. The molecule has 0 aliphatic carbocycles. The van der Waals surface area contributed by atoms with Gasteiger partial charge in [-0.05, 0) is 38.9 Å². The molecule has 90 valence electrons. The first kappa shape index (κ1) is 12.9. The molecule has 0 aromatic heterocycles. The van der Waals surface area contributed by atoms with Crippen molar-refractivity contribution in [3.05, 3.63) is 0 Å². The Morgan fingerprint density at radius 3 is 1.60 bits per heavy atom. The van der Waals surface area contributed by atoms with Crippen LogP contribution < -0.4 is 10.6 Å². The summed E-state index contributed by atoms with van der Waals surface area (Å²) in [4.78, 5) is 0. The normalized spacial score (nSPS) is 24.0. The smallest absolute Gasteiger partial charge is 0.0590 e. The molecule has 2 saturated heterocycles. The first-order chi connectivity index (χ1) is 7.50. The molecule has 15 heavy (non-hydrogen) atoms. The fourth-order valence-electron chi connectivity index (χ4n) is 1.50. The van der Waals surface area contributed by atoms with Gasteiger partial charge in [-0.15, -0.1) is 0 Å². The minimum absolute atomic E-state index is 0.889. The summed E-state index contributed by atoms with van der Waals surface area (Å²) >= 11 is 0. The van der Waals surface area contributed by atoms with E-state index in [1.54, 1.807) is 0 Å². The molecular formula is C11H24N2O2. The number of hydrogen-bond donors (Lipinski definition) is 2. The average Bonchev–Trinajstić information content (AvgIpc) is 2.48. The fraction of sp³-hybridized carbons (Fsp3) is 1.00. The Morgan fingerprint density at radius 1 is 0.533 bits per heavy atom. The first-order valence-corrected chi connectivity index (χ1v) is 6.07. The highest BCUT2D eigenvalue weighted by molar-refractivity contribution is 4.51. The Kier molecular flexibility index (Phi) is 8.92. The second-order valence-electron chi connectivity index (χ2n) is 3.79. The van der Waals surface area contributed by atoms with E-state index < -0.39 is 0 Å². The van der Waals surface area contributed by atoms with Crippen molar-refractivity contribution >= 4 is 0 Å². The van der Waals surface area contributed by atoms with Crippen LogP contribution >= 0.6 is 0 Å². The van der Waals surface area contributed by atoms with E-state index in [1.165, 1.54) is 19.3 Å². The summed E-state index contributed by atoms with van der Waals surface area (Å²) in [6, 6.07) is 0. The highest BCUT2D eigenvalue weighted by Crippen LogP contribution is 1.88. The van der Waals surface area contributed by atoms with E-state index in [2.05, 4.69) is 10.6 Å². The first-order valence-electron chi connectivity index (χ1n) is 6.07. The minimum Gasteiger partial charge on any atom is -0.381 e. The third kappa shape index (κ3) is 8.81. The number of nitrogens with one attached hydrogen (secondary N) is 2. The number of hydrogen-bond acceptors (Lipinski definition) is 4. The van der Waals surface area contributed by atoms with Gasteiger partial charge >= 0.3 is 0 Å². The van der Waals surface area contributed by atoms with Crippen molar-refractivity contribution in [3.8, 4) is 0 Å². The van der Waals surface area contributed by atoms with Crippen LogP contribution in [0.15, 0.2) is 0 Å². The summed E-state index contributed by atoms with van der Waals surface area (Å²) in [5.41, 5.74) is 0. The molecule has 0 spiro atoms. The van der Waals surface area contributed by atoms with Gasteiger partial charge in [0.25, 0.3) is 0 Å². The summed E-state index contributed by atoms with van der Waals surface area (Å²) in [6.45, 7) is 8.10. The van der Waals surface area contributed by atoms with Gasteiger partial charge in [-0.25, -0.2) is 0 Å². The maximum Gasteiger partial charge on any atom is 0.0590 e. The van der Waals surface area contributed by atoms with Crippen LogP contribution in [-0.2, 0) is 9.47 Å². The van der Waals surface area contributed by atoms with E-state index in [-0.39, 0.29) is 0 Å². The van der Waals surface area contributed by atoms with Crippen LogP contribution in [0.1, 0.15) is 19.3 Å². The zero-order chi connectivity index (χ0) is 10.6. The van der Waals surface area contributed by atoms with Crippen molar-refractivity contribution in [1.29, 1.82) is 0 Å². The molecule has 2 aliphatic rings. The predicted octanol–water partition coefficient (Wildman–Crippen LogP) is 0.383. The Bertz CT molecular complexity index is 90.1. The van der Waals surface area contributed by atoms with E-state index in [1.807, 2.05) is 0 Å². The van der Waals surface area contributed by atoms with Crippen molar-refractivity contribution in [2.75, 3.05) is 52.6 Å². The van der Waals surface area contributed by atoms with Gasteiger partial charge in [-0.1, -0.05) is 0 Å². The van der Waals surface area contributed by atoms with Crippen LogP contribution in [0, 0.1) is 0 Å². The van der Waals surface area contributed by atoms with E-state index in [4.69, 9.17) is 9.47 Å². The van der Waals surface area contributed by atoms with Gasteiger partial charge in [0.15, 0.2) is 0 Å². The van der Waals surface area contributed by atoms with Crippen LogP contribution in [0.3, 0.4) is 0 Å². The van der Waals surface area contributed by atoms with Crippen molar-refractivity contribution in [1.82, 2.24) is 10.6 Å².